The standard InChI is InChI=1S/C15H10O6.C8H7N3O5/c16-8-2-3-9-12(6-8)21-15(14(20)13(9)19)7-1-4-10(17)11(18)5-7;12-8-10(3-4-15-8)9-5-6-1-2-7(16-6)11(13)14/h1-6,16-18,20H;1-2,5H,3-4H2. The number of rotatable bonds is 4. The summed E-state index contributed by atoms with van der Waals surface area (Å²) in [6, 6.07) is 10.2. The van der Waals surface area contributed by atoms with Gasteiger partial charge in [0.15, 0.2) is 23.0 Å². The molecule has 1 aliphatic rings. The number of amides is 1. The number of aromatic hydroxyl groups is 4. The second-order valence-electron chi connectivity index (χ2n) is 7.41. The van der Waals surface area contributed by atoms with E-state index in [0.29, 0.717) is 6.54 Å². The van der Waals surface area contributed by atoms with Gasteiger partial charge in [-0.2, -0.15) is 10.1 Å². The Labute approximate surface area is 205 Å². The minimum atomic E-state index is -0.654. The molecule has 190 valence electrons. The number of carbonyl (C=O) groups is 1. The van der Waals surface area contributed by atoms with Crippen LogP contribution in [-0.2, 0) is 4.74 Å². The van der Waals surface area contributed by atoms with Gasteiger partial charge in [0.25, 0.3) is 0 Å². The molecule has 1 aliphatic heterocycles. The predicted molar refractivity (Wildman–Crippen MR) is 126 cm³/mol. The summed E-state index contributed by atoms with van der Waals surface area (Å²) in [4.78, 5) is 32.7. The average Bonchev–Trinajstić information content (AvgIpc) is 3.51. The predicted octanol–water partition coefficient (Wildman–Crippen LogP) is 3.26. The van der Waals surface area contributed by atoms with Gasteiger partial charge in [-0.1, -0.05) is 0 Å². The van der Waals surface area contributed by atoms with Crippen molar-refractivity contribution in [3.05, 3.63) is 74.6 Å². The van der Waals surface area contributed by atoms with Gasteiger partial charge in [-0.05, 0) is 36.4 Å². The van der Waals surface area contributed by atoms with Crippen LogP contribution in [0.15, 0.2) is 67.3 Å². The molecular weight excluding hydrogens is 494 g/mol. The first-order valence-electron chi connectivity index (χ1n) is 10.4. The van der Waals surface area contributed by atoms with Crippen LogP contribution in [0.2, 0.25) is 0 Å². The normalized spacial score (nSPS) is 13.0. The molecule has 0 aliphatic carbocycles. The minimum absolute atomic E-state index is 0.0872. The van der Waals surface area contributed by atoms with Crippen LogP contribution in [0.1, 0.15) is 5.76 Å². The highest BCUT2D eigenvalue weighted by Crippen LogP contribution is 2.35. The molecule has 2 aromatic heterocycles. The maximum atomic E-state index is 12.1. The molecule has 3 heterocycles. The van der Waals surface area contributed by atoms with E-state index >= 15 is 0 Å². The van der Waals surface area contributed by atoms with Crippen LogP contribution in [0.25, 0.3) is 22.3 Å². The fraction of sp³-hybridized carbons (Fsp3) is 0.0870. The summed E-state index contributed by atoms with van der Waals surface area (Å²) >= 11 is 0. The van der Waals surface area contributed by atoms with Crippen molar-refractivity contribution in [2.75, 3.05) is 13.2 Å². The van der Waals surface area contributed by atoms with Crippen molar-refractivity contribution in [1.29, 1.82) is 0 Å². The van der Waals surface area contributed by atoms with E-state index in [1.165, 1.54) is 48.7 Å². The number of furan rings is 1. The number of hydrogen-bond donors (Lipinski definition) is 4. The van der Waals surface area contributed by atoms with E-state index in [2.05, 4.69) is 9.84 Å². The highest BCUT2D eigenvalue weighted by Gasteiger charge is 2.21. The lowest BCUT2D eigenvalue weighted by molar-refractivity contribution is -0.402. The summed E-state index contributed by atoms with van der Waals surface area (Å²) in [5, 5.41) is 53.5. The Hall–Kier alpha value is -5.53. The van der Waals surface area contributed by atoms with Crippen LogP contribution in [0.3, 0.4) is 0 Å². The third-order valence-electron chi connectivity index (χ3n) is 4.95. The van der Waals surface area contributed by atoms with Crippen LogP contribution >= 0.6 is 0 Å². The van der Waals surface area contributed by atoms with Crippen molar-refractivity contribution in [3.8, 4) is 34.3 Å². The monoisotopic (exact) mass is 511 g/mol. The smallest absolute Gasteiger partial charge is 0.433 e. The quantitative estimate of drug-likeness (QED) is 0.135. The second kappa shape index (κ2) is 9.99. The molecule has 0 saturated carbocycles. The Balaban J connectivity index is 0.000000180. The van der Waals surface area contributed by atoms with E-state index in [0.717, 1.165) is 11.1 Å². The SMILES string of the molecule is O=C1OCCN1N=Cc1ccc([N+](=O)[O-])o1.O=c1c(O)c(-c2ccc(O)c(O)c2)oc2cc(O)ccc12. The van der Waals surface area contributed by atoms with Gasteiger partial charge in [0.05, 0.1) is 24.2 Å². The maximum absolute atomic E-state index is 12.1. The Kier molecular flexibility index (Phi) is 6.64. The zero-order valence-electron chi connectivity index (χ0n) is 18.6. The summed E-state index contributed by atoms with van der Waals surface area (Å²) in [5.41, 5.74) is -0.343. The Morgan fingerprint density at radius 1 is 0.973 bits per heavy atom. The topological polar surface area (TPSA) is 209 Å². The van der Waals surface area contributed by atoms with Crippen molar-refractivity contribution in [3.63, 3.8) is 0 Å². The number of carbonyl (C=O) groups excluding carboxylic acids is 1. The number of benzene rings is 2. The van der Waals surface area contributed by atoms with E-state index in [1.807, 2.05) is 0 Å². The Bertz CT molecular complexity index is 1590. The summed E-state index contributed by atoms with van der Waals surface area (Å²) < 4.78 is 14.9. The summed E-state index contributed by atoms with van der Waals surface area (Å²) in [7, 11) is 0. The zero-order chi connectivity index (χ0) is 26.7. The molecule has 5 rings (SSSR count). The van der Waals surface area contributed by atoms with Gasteiger partial charge in [0, 0.05) is 11.6 Å². The summed E-state index contributed by atoms with van der Waals surface area (Å²) in [6.07, 6.45) is 0.678. The first-order chi connectivity index (χ1) is 17.6. The molecule has 14 nitrogen and oxygen atoms in total. The van der Waals surface area contributed by atoms with Crippen molar-refractivity contribution in [2.45, 2.75) is 0 Å². The number of fused-ring (bicyclic) bond motifs is 1. The molecule has 37 heavy (non-hydrogen) atoms. The summed E-state index contributed by atoms with van der Waals surface area (Å²) in [6.45, 7) is 0.645. The Morgan fingerprint density at radius 3 is 2.41 bits per heavy atom. The first-order valence-corrected chi connectivity index (χ1v) is 10.4. The molecule has 0 spiro atoms. The lowest BCUT2D eigenvalue weighted by Crippen LogP contribution is -2.17. The lowest BCUT2D eigenvalue weighted by Gasteiger charge is -2.07. The molecule has 0 atom stereocenters. The number of phenols is 3. The molecule has 4 aromatic rings. The lowest BCUT2D eigenvalue weighted by atomic mass is 10.1. The fourth-order valence-corrected chi connectivity index (χ4v) is 3.16. The fourth-order valence-electron chi connectivity index (χ4n) is 3.16. The number of cyclic esters (lactones) is 1. The Morgan fingerprint density at radius 2 is 1.76 bits per heavy atom. The van der Waals surface area contributed by atoms with Gasteiger partial charge < -0.3 is 34.0 Å². The molecule has 0 bridgehead atoms. The van der Waals surface area contributed by atoms with Crippen LogP contribution in [-0.4, -0.2) is 55.8 Å². The maximum Gasteiger partial charge on any atom is 0.433 e. The molecule has 1 amide bonds. The molecule has 14 heteroatoms. The third kappa shape index (κ3) is 5.27. The number of ether oxygens (including phenoxy) is 1. The molecule has 1 saturated heterocycles. The molecule has 0 unspecified atom stereocenters. The number of hydrogen-bond acceptors (Lipinski definition) is 12. The van der Waals surface area contributed by atoms with Gasteiger partial charge >= 0.3 is 12.0 Å². The van der Waals surface area contributed by atoms with Gasteiger partial charge in [-0.25, -0.2) is 4.79 Å². The van der Waals surface area contributed by atoms with Crippen molar-refractivity contribution < 1.29 is 43.7 Å². The van der Waals surface area contributed by atoms with Crippen LogP contribution < -0.4 is 5.43 Å². The number of nitrogens with zero attached hydrogens (tertiary/aromatic N) is 3. The van der Waals surface area contributed by atoms with Crippen molar-refractivity contribution in [2.24, 2.45) is 5.10 Å². The van der Waals surface area contributed by atoms with Gasteiger partial charge in [0.2, 0.25) is 11.2 Å². The second-order valence-corrected chi connectivity index (χ2v) is 7.41. The van der Waals surface area contributed by atoms with Gasteiger partial charge in [-0.3, -0.25) is 14.9 Å². The highest BCUT2D eigenvalue weighted by molar-refractivity contribution is 5.83. The van der Waals surface area contributed by atoms with E-state index < -0.39 is 27.9 Å². The van der Waals surface area contributed by atoms with Crippen LogP contribution in [0, 0.1) is 10.1 Å². The number of hydrazone groups is 1. The van der Waals surface area contributed by atoms with Crippen LogP contribution in [0.4, 0.5) is 10.7 Å². The highest BCUT2D eigenvalue weighted by atomic mass is 16.6. The molecular formula is C23H17N3O11. The third-order valence-corrected chi connectivity index (χ3v) is 4.95. The van der Waals surface area contributed by atoms with E-state index in [-0.39, 0.29) is 52.0 Å². The van der Waals surface area contributed by atoms with Gasteiger partial charge in [-0.15, -0.1) is 0 Å². The van der Waals surface area contributed by atoms with E-state index in [1.54, 1.807) is 0 Å². The van der Waals surface area contributed by atoms with Crippen LogP contribution in [0.5, 0.6) is 23.0 Å². The average molecular weight is 511 g/mol. The number of phenolic OH excluding ortho intramolecular Hbond substituents is 3. The van der Waals surface area contributed by atoms with Crippen molar-refractivity contribution >= 4 is 29.2 Å². The minimum Gasteiger partial charge on any atom is -0.508 e. The number of nitro groups is 1. The molecule has 1 fully saturated rings. The summed E-state index contributed by atoms with van der Waals surface area (Å²) in [5.74, 6) is -1.77. The molecule has 4 N–H and O–H groups in total. The van der Waals surface area contributed by atoms with E-state index in [4.69, 9.17) is 8.83 Å². The molecule has 2 aromatic carbocycles. The van der Waals surface area contributed by atoms with Crippen molar-refractivity contribution in [1.82, 2.24) is 5.01 Å². The molecule has 0 radical (unpaired) electrons. The zero-order valence-corrected chi connectivity index (χ0v) is 18.6. The van der Waals surface area contributed by atoms with E-state index in [9.17, 15) is 40.1 Å². The first kappa shape index (κ1) is 24.6. The van der Waals surface area contributed by atoms with Gasteiger partial charge in [0.1, 0.15) is 22.9 Å². The largest absolute Gasteiger partial charge is 0.508 e.